The number of aliphatic hydroxyl groups is 1. The molecule has 0 radical (unpaired) electrons. The van der Waals surface area contributed by atoms with Crippen LogP contribution in [0.5, 0.6) is 0 Å². The third-order valence-electron chi connectivity index (χ3n) is 2.46. The second kappa shape index (κ2) is 4.24. The summed E-state index contributed by atoms with van der Waals surface area (Å²) in [6.45, 7) is 1.65. The molecule has 2 nitrogen and oxygen atoms in total. The topological polar surface area (TPSA) is 33.4 Å². The first kappa shape index (κ1) is 11.7. The summed E-state index contributed by atoms with van der Waals surface area (Å²) in [5.41, 5.74) is -0.631. The van der Waals surface area contributed by atoms with E-state index in [9.17, 15) is 5.11 Å². The normalized spacial score (nSPS) is 14.8. The van der Waals surface area contributed by atoms with E-state index in [1.54, 1.807) is 25.1 Å². The van der Waals surface area contributed by atoms with E-state index in [0.29, 0.717) is 16.3 Å². The quantitative estimate of drug-likeness (QED) is 0.911. The predicted octanol–water partition coefficient (Wildman–Crippen LogP) is 3.95. The molecular formula is C12H10BrClO2. The van der Waals surface area contributed by atoms with E-state index in [4.69, 9.17) is 16.0 Å². The van der Waals surface area contributed by atoms with Gasteiger partial charge in [0.25, 0.3) is 0 Å². The third kappa shape index (κ3) is 1.90. The van der Waals surface area contributed by atoms with Gasteiger partial charge >= 0.3 is 0 Å². The highest BCUT2D eigenvalue weighted by Gasteiger charge is 2.32. The van der Waals surface area contributed by atoms with Gasteiger partial charge in [0.15, 0.2) is 5.76 Å². The number of furan rings is 1. The van der Waals surface area contributed by atoms with Gasteiger partial charge in [-0.15, -0.1) is 0 Å². The molecule has 2 aromatic rings. The monoisotopic (exact) mass is 300 g/mol. The first-order valence-corrected chi connectivity index (χ1v) is 5.91. The zero-order valence-corrected chi connectivity index (χ0v) is 10.9. The molecule has 1 aromatic heterocycles. The van der Waals surface area contributed by atoms with Crippen molar-refractivity contribution in [2.45, 2.75) is 12.5 Å². The Kier molecular flexibility index (Phi) is 3.10. The van der Waals surface area contributed by atoms with Crippen molar-refractivity contribution in [1.29, 1.82) is 0 Å². The highest BCUT2D eigenvalue weighted by Crippen LogP contribution is 2.37. The molecule has 2 rings (SSSR count). The number of hydrogen-bond acceptors (Lipinski definition) is 2. The molecule has 0 saturated heterocycles. The van der Waals surface area contributed by atoms with Crippen LogP contribution in [-0.2, 0) is 5.60 Å². The molecule has 0 fully saturated rings. The number of rotatable bonds is 2. The lowest BCUT2D eigenvalue weighted by molar-refractivity contribution is 0.0759. The predicted molar refractivity (Wildman–Crippen MR) is 66.5 cm³/mol. The molecular weight excluding hydrogens is 291 g/mol. The van der Waals surface area contributed by atoms with Crippen molar-refractivity contribution in [3.8, 4) is 0 Å². The fourth-order valence-corrected chi connectivity index (χ4v) is 2.53. The van der Waals surface area contributed by atoms with E-state index in [1.165, 1.54) is 6.26 Å². The van der Waals surface area contributed by atoms with Gasteiger partial charge in [-0.3, -0.25) is 0 Å². The maximum Gasteiger partial charge on any atom is 0.153 e. The molecule has 0 saturated carbocycles. The van der Waals surface area contributed by atoms with Gasteiger partial charge in [0.05, 0.1) is 10.7 Å². The summed E-state index contributed by atoms with van der Waals surface area (Å²) in [7, 11) is 0. The van der Waals surface area contributed by atoms with Crippen LogP contribution in [0.3, 0.4) is 0 Å². The van der Waals surface area contributed by atoms with Gasteiger partial charge in [-0.25, -0.2) is 0 Å². The molecule has 84 valence electrons. The minimum atomic E-state index is -1.25. The van der Waals surface area contributed by atoms with Crippen molar-refractivity contribution >= 4 is 27.5 Å². The average molecular weight is 302 g/mol. The molecule has 0 spiro atoms. The molecule has 1 unspecified atom stereocenters. The largest absolute Gasteiger partial charge is 0.465 e. The minimum Gasteiger partial charge on any atom is -0.465 e. The molecule has 16 heavy (non-hydrogen) atoms. The minimum absolute atomic E-state index is 0.445. The van der Waals surface area contributed by atoms with Crippen LogP contribution >= 0.6 is 27.5 Å². The van der Waals surface area contributed by atoms with E-state index >= 15 is 0 Å². The third-order valence-corrected chi connectivity index (χ3v) is 3.41. The first-order chi connectivity index (χ1) is 7.53. The van der Waals surface area contributed by atoms with Crippen LogP contribution in [0.4, 0.5) is 0 Å². The van der Waals surface area contributed by atoms with Gasteiger partial charge in [-0.05, 0) is 35.0 Å². The van der Waals surface area contributed by atoms with Crippen LogP contribution in [0.1, 0.15) is 18.2 Å². The van der Waals surface area contributed by atoms with Crippen LogP contribution in [0, 0.1) is 0 Å². The van der Waals surface area contributed by atoms with Crippen LogP contribution < -0.4 is 0 Å². The highest BCUT2D eigenvalue weighted by molar-refractivity contribution is 9.10. The Labute approximate surface area is 107 Å². The lowest BCUT2D eigenvalue weighted by Crippen LogP contribution is -2.23. The first-order valence-electron chi connectivity index (χ1n) is 4.74. The van der Waals surface area contributed by atoms with E-state index in [0.717, 1.165) is 4.47 Å². The molecule has 0 aliphatic carbocycles. The van der Waals surface area contributed by atoms with E-state index in [-0.39, 0.29) is 0 Å². The molecule has 1 heterocycles. The SMILES string of the molecule is CC(O)(c1ccccc1Cl)c1occc1Br. The number of hydrogen-bond donors (Lipinski definition) is 1. The van der Waals surface area contributed by atoms with Crippen LogP contribution in [0.25, 0.3) is 0 Å². The van der Waals surface area contributed by atoms with Crippen LogP contribution in [0.15, 0.2) is 45.5 Å². The van der Waals surface area contributed by atoms with Gasteiger partial charge < -0.3 is 9.52 Å². The highest BCUT2D eigenvalue weighted by atomic mass is 79.9. The summed E-state index contributed by atoms with van der Waals surface area (Å²) < 4.78 is 6.00. The maximum atomic E-state index is 10.5. The Bertz CT molecular complexity index is 505. The molecule has 0 amide bonds. The second-order valence-electron chi connectivity index (χ2n) is 3.65. The fraction of sp³-hybridized carbons (Fsp3) is 0.167. The summed E-state index contributed by atoms with van der Waals surface area (Å²) in [5.74, 6) is 0.445. The number of halogens is 2. The van der Waals surface area contributed by atoms with Crippen molar-refractivity contribution in [3.05, 3.63) is 57.4 Å². The van der Waals surface area contributed by atoms with Gasteiger partial charge in [0.1, 0.15) is 5.60 Å². The smallest absolute Gasteiger partial charge is 0.153 e. The zero-order chi connectivity index (χ0) is 11.8. The van der Waals surface area contributed by atoms with Crippen LogP contribution in [0.2, 0.25) is 5.02 Å². The van der Waals surface area contributed by atoms with E-state index in [1.807, 2.05) is 12.1 Å². The average Bonchev–Trinajstić information content (AvgIpc) is 2.65. The summed E-state index contributed by atoms with van der Waals surface area (Å²) in [6, 6.07) is 8.89. The van der Waals surface area contributed by atoms with Crippen molar-refractivity contribution in [3.63, 3.8) is 0 Å². The summed E-state index contributed by atoms with van der Waals surface area (Å²) >= 11 is 9.39. The Hall–Kier alpha value is -0.770. The Morgan fingerprint density at radius 3 is 2.56 bits per heavy atom. The maximum absolute atomic E-state index is 10.5. The number of benzene rings is 1. The molecule has 0 aliphatic heterocycles. The van der Waals surface area contributed by atoms with Gasteiger partial charge in [-0.2, -0.15) is 0 Å². The molecule has 1 atom stereocenters. The summed E-state index contributed by atoms with van der Waals surface area (Å²) in [4.78, 5) is 0. The molecule has 0 bridgehead atoms. The standard InChI is InChI=1S/C12H10BrClO2/c1-12(15,11-9(13)6-7-16-11)8-4-2-3-5-10(8)14/h2-7,15H,1H3. The lowest BCUT2D eigenvalue weighted by Gasteiger charge is -2.23. The zero-order valence-electron chi connectivity index (χ0n) is 8.58. The molecule has 4 heteroatoms. The van der Waals surface area contributed by atoms with Gasteiger partial charge in [-0.1, -0.05) is 29.8 Å². The van der Waals surface area contributed by atoms with Crippen LogP contribution in [-0.4, -0.2) is 5.11 Å². The Balaban J connectivity index is 2.55. The second-order valence-corrected chi connectivity index (χ2v) is 4.91. The molecule has 0 aliphatic rings. The molecule has 1 aromatic carbocycles. The summed E-state index contributed by atoms with van der Waals surface area (Å²) in [5, 5.41) is 11.0. The van der Waals surface area contributed by atoms with Crippen molar-refractivity contribution in [1.82, 2.24) is 0 Å². The van der Waals surface area contributed by atoms with E-state index < -0.39 is 5.60 Å². The molecule has 1 N–H and O–H groups in total. The van der Waals surface area contributed by atoms with Crippen molar-refractivity contribution < 1.29 is 9.52 Å². The van der Waals surface area contributed by atoms with Crippen molar-refractivity contribution in [2.24, 2.45) is 0 Å². The Morgan fingerprint density at radius 1 is 1.31 bits per heavy atom. The Morgan fingerprint density at radius 2 is 2.00 bits per heavy atom. The summed E-state index contributed by atoms with van der Waals surface area (Å²) in [6.07, 6.45) is 1.52. The fourth-order valence-electron chi connectivity index (χ4n) is 1.62. The van der Waals surface area contributed by atoms with Crippen molar-refractivity contribution in [2.75, 3.05) is 0 Å². The lowest BCUT2D eigenvalue weighted by atomic mass is 9.93. The van der Waals surface area contributed by atoms with Gasteiger partial charge in [0.2, 0.25) is 0 Å². The van der Waals surface area contributed by atoms with E-state index in [2.05, 4.69) is 15.9 Å². The van der Waals surface area contributed by atoms with Gasteiger partial charge in [0, 0.05) is 10.6 Å².